The molecule has 0 aliphatic rings. The van der Waals surface area contributed by atoms with Crippen molar-refractivity contribution in [3.05, 3.63) is 33.9 Å². The summed E-state index contributed by atoms with van der Waals surface area (Å²) in [5, 5.41) is 14.1. The number of non-ortho nitro benzene ring substituents is 1. The summed E-state index contributed by atoms with van der Waals surface area (Å²) < 4.78 is 0. The van der Waals surface area contributed by atoms with Crippen molar-refractivity contribution >= 4 is 11.4 Å². The van der Waals surface area contributed by atoms with Gasteiger partial charge >= 0.3 is 0 Å². The van der Waals surface area contributed by atoms with E-state index < -0.39 is 0 Å². The molecule has 0 spiro atoms. The van der Waals surface area contributed by atoms with Crippen LogP contribution in [0.25, 0.3) is 0 Å². The Morgan fingerprint density at radius 1 is 1.37 bits per heavy atom. The first-order chi connectivity index (χ1) is 8.99. The van der Waals surface area contributed by atoms with Gasteiger partial charge in [0.1, 0.15) is 0 Å². The van der Waals surface area contributed by atoms with Gasteiger partial charge in [0.2, 0.25) is 0 Å². The molecule has 0 aromatic heterocycles. The smallest absolute Gasteiger partial charge is 0.269 e. The minimum atomic E-state index is -0.342. The van der Waals surface area contributed by atoms with Gasteiger partial charge in [-0.3, -0.25) is 15.0 Å². The number of hydrogen-bond acceptors (Lipinski definition) is 4. The SMILES string of the molecule is CCNc1ccc([N+](=O)[O-])cc1CN(CC)C(C)C. The van der Waals surface area contributed by atoms with E-state index in [1.54, 1.807) is 18.2 Å². The lowest BCUT2D eigenvalue weighted by molar-refractivity contribution is -0.384. The molecule has 1 aromatic carbocycles. The first-order valence-electron chi connectivity index (χ1n) is 6.74. The number of hydrogen-bond donors (Lipinski definition) is 1. The molecule has 106 valence electrons. The molecule has 0 saturated carbocycles. The molecule has 1 aromatic rings. The summed E-state index contributed by atoms with van der Waals surface area (Å²) in [6.07, 6.45) is 0. The minimum absolute atomic E-state index is 0.150. The molecule has 0 aliphatic heterocycles. The van der Waals surface area contributed by atoms with Gasteiger partial charge < -0.3 is 5.32 Å². The average molecular weight is 265 g/mol. The van der Waals surface area contributed by atoms with Crippen molar-refractivity contribution < 1.29 is 4.92 Å². The highest BCUT2D eigenvalue weighted by Crippen LogP contribution is 2.24. The van der Waals surface area contributed by atoms with Gasteiger partial charge in [0.25, 0.3) is 5.69 Å². The van der Waals surface area contributed by atoms with Gasteiger partial charge in [-0.15, -0.1) is 0 Å². The monoisotopic (exact) mass is 265 g/mol. The van der Waals surface area contributed by atoms with E-state index in [-0.39, 0.29) is 10.6 Å². The van der Waals surface area contributed by atoms with Gasteiger partial charge in [-0.25, -0.2) is 0 Å². The first kappa shape index (κ1) is 15.4. The Morgan fingerprint density at radius 2 is 2.05 bits per heavy atom. The number of nitro benzene ring substituents is 1. The average Bonchev–Trinajstić information content (AvgIpc) is 2.37. The van der Waals surface area contributed by atoms with Gasteiger partial charge in [0, 0.05) is 37.0 Å². The third-order valence-corrected chi connectivity index (χ3v) is 3.18. The second-order valence-corrected chi connectivity index (χ2v) is 4.79. The van der Waals surface area contributed by atoms with Crippen LogP contribution in [-0.2, 0) is 6.54 Å². The van der Waals surface area contributed by atoms with Crippen LogP contribution in [-0.4, -0.2) is 29.0 Å². The summed E-state index contributed by atoms with van der Waals surface area (Å²) in [6.45, 7) is 10.8. The Morgan fingerprint density at radius 3 is 2.53 bits per heavy atom. The standard InChI is InChI=1S/C14H23N3O2/c1-5-15-14-8-7-13(17(18)19)9-12(14)10-16(6-2)11(3)4/h7-9,11,15H,5-6,10H2,1-4H3. The van der Waals surface area contributed by atoms with Gasteiger partial charge in [-0.05, 0) is 38.9 Å². The highest BCUT2D eigenvalue weighted by atomic mass is 16.6. The maximum Gasteiger partial charge on any atom is 0.269 e. The third-order valence-electron chi connectivity index (χ3n) is 3.18. The van der Waals surface area contributed by atoms with Gasteiger partial charge in [-0.1, -0.05) is 6.92 Å². The van der Waals surface area contributed by atoms with Gasteiger partial charge in [-0.2, -0.15) is 0 Å². The molecule has 0 bridgehead atoms. The normalized spacial score (nSPS) is 11.1. The second kappa shape index (κ2) is 7.09. The number of benzene rings is 1. The van der Waals surface area contributed by atoms with Gasteiger partial charge in [0.05, 0.1) is 4.92 Å². The van der Waals surface area contributed by atoms with Gasteiger partial charge in [0.15, 0.2) is 0 Å². The highest BCUT2D eigenvalue weighted by molar-refractivity contribution is 5.56. The van der Waals surface area contributed by atoms with Crippen molar-refractivity contribution in [3.8, 4) is 0 Å². The quantitative estimate of drug-likeness (QED) is 0.607. The molecule has 0 heterocycles. The zero-order valence-corrected chi connectivity index (χ0v) is 12.1. The Balaban J connectivity index is 3.05. The van der Waals surface area contributed by atoms with Crippen molar-refractivity contribution in [1.82, 2.24) is 4.90 Å². The zero-order chi connectivity index (χ0) is 14.4. The van der Waals surface area contributed by atoms with Crippen LogP contribution in [0.4, 0.5) is 11.4 Å². The van der Waals surface area contributed by atoms with Crippen molar-refractivity contribution in [2.45, 2.75) is 40.3 Å². The summed E-state index contributed by atoms with van der Waals surface area (Å²) in [7, 11) is 0. The van der Waals surface area contributed by atoms with Crippen LogP contribution in [0.5, 0.6) is 0 Å². The lowest BCUT2D eigenvalue weighted by Crippen LogP contribution is -2.30. The number of anilines is 1. The molecular weight excluding hydrogens is 242 g/mol. The molecule has 1 rings (SSSR count). The molecule has 1 N–H and O–H groups in total. The Kier molecular flexibility index (Phi) is 5.76. The molecule has 5 nitrogen and oxygen atoms in total. The van der Waals surface area contributed by atoms with Crippen LogP contribution in [0.15, 0.2) is 18.2 Å². The van der Waals surface area contributed by atoms with Crippen LogP contribution in [0.2, 0.25) is 0 Å². The molecular formula is C14H23N3O2. The van der Waals surface area contributed by atoms with E-state index in [0.29, 0.717) is 6.04 Å². The van der Waals surface area contributed by atoms with Crippen molar-refractivity contribution in [3.63, 3.8) is 0 Å². The van der Waals surface area contributed by atoms with E-state index >= 15 is 0 Å². The fourth-order valence-electron chi connectivity index (χ4n) is 2.07. The molecule has 5 heteroatoms. The summed E-state index contributed by atoms with van der Waals surface area (Å²) in [5.74, 6) is 0. The van der Waals surface area contributed by atoms with Crippen LogP contribution >= 0.6 is 0 Å². The topological polar surface area (TPSA) is 58.4 Å². The lowest BCUT2D eigenvalue weighted by Gasteiger charge is -2.25. The Hall–Kier alpha value is -1.62. The summed E-state index contributed by atoms with van der Waals surface area (Å²) >= 11 is 0. The summed E-state index contributed by atoms with van der Waals surface area (Å²) in [5.41, 5.74) is 2.11. The van der Waals surface area contributed by atoms with E-state index in [0.717, 1.165) is 30.9 Å². The largest absolute Gasteiger partial charge is 0.385 e. The predicted octanol–water partition coefficient (Wildman–Crippen LogP) is 3.26. The van der Waals surface area contributed by atoms with Crippen molar-refractivity contribution in [2.75, 3.05) is 18.4 Å². The fourth-order valence-corrected chi connectivity index (χ4v) is 2.07. The third kappa shape index (κ3) is 4.21. The number of nitrogens with one attached hydrogen (secondary N) is 1. The maximum atomic E-state index is 10.9. The second-order valence-electron chi connectivity index (χ2n) is 4.79. The lowest BCUT2D eigenvalue weighted by atomic mass is 10.1. The molecule has 0 amide bonds. The molecule has 0 radical (unpaired) electrons. The Labute approximate surface area is 114 Å². The molecule has 0 aliphatic carbocycles. The van der Waals surface area contributed by atoms with Crippen LogP contribution < -0.4 is 5.32 Å². The Bertz CT molecular complexity index is 433. The van der Waals surface area contributed by atoms with Crippen LogP contribution in [0.3, 0.4) is 0 Å². The number of nitrogens with zero attached hydrogens (tertiary/aromatic N) is 2. The molecule has 0 saturated heterocycles. The van der Waals surface area contributed by atoms with E-state index in [1.807, 2.05) is 6.92 Å². The highest BCUT2D eigenvalue weighted by Gasteiger charge is 2.14. The van der Waals surface area contributed by atoms with Crippen LogP contribution in [0, 0.1) is 10.1 Å². The molecule has 0 fully saturated rings. The minimum Gasteiger partial charge on any atom is -0.385 e. The molecule has 0 unspecified atom stereocenters. The predicted molar refractivity (Wildman–Crippen MR) is 78.5 cm³/mol. The molecule has 0 atom stereocenters. The van der Waals surface area contributed by atoms with E-state index in [1.165, 1.54) is 0 Å². The van der Waals surface area contributed by atoms with Crippen molar-refractivity contribution in [2.24, 2.45) is 0 Å². The van der Waals surface area contributed by atoms with E-state index in [4.69, 9.17) is 0 Å². The van der Waals surface area contributed by atoms with E-state index in [2.05, 4.69) is 31.0 Å². The maximum absolute atomic E-state index is 10.9. The van der Waals surface area contributed by atoms with Crippen molar-refractivity contribution in [1.29, 1.82) is 0 Å². The molecule has 19 heavy (non-hydrogen) atoms. The number of rotatable bonds is 7. The number of nitro groups is 1. The van der Waals surface area contributed by atoms with Crippen LogP contribution in [0.1, 0.15) is 33.3 Å². The first-order valence-corrected chi connectivity index (χ1v) is 6.74. The summed E-state index contributed by atoms with van der Waals surface area (Å²) in [6, 6.07) is 5.43. The summed E-state index contributed by atoms with van der Waals surface area (Å²) in [4.78, 5) is 12.8. The zero-order valence-electron chi connectivity index (χ0n) is 12.1. The van der Waals surface area contributed by atoms with E-state index in [9.17, 15) is 10.1 Å². The fraction of sp³-hybridized carbons (Fsp3) is 0.571.